The minimum atomic E-state index is -3.06. The molecule has 1 aromatic carbocycles. The van der Waals surface area contributed by atoms with Crippen LogP contribution in [-0.4, -0.2) is 47.9 Å². The van der Waals surface area contributed by atoms with Crippen molar-refractivity contribution in [3.8, 4) is 0 Å². The zero-order valence-electron chi connectivity index (χ0n) is 13.1. The molecule has 1 atom stereocenters. The summed E-state index contributed by atoms with van der Waals surface area (Å²) in [4.78, 5) is 14.5. The topological polar surface area (TPSA) is 59.4 Å². The molecule has 0 N–H and O–H groups in total. The summed E-state index contributed by atoms with van der Waals surface area (Å²) in [5.41, 5.74) is 1.08. The number of fused-ring (bicyclic) bond motifs is 1. The molecule has 0 aliphatic carbocycles. The fraction of sp³-hybridized carbons (Fsp3) is 0.438. The first-order chi connectivity index (χ1) is 10.8. The monoisotopic (exact) mass is 338 g/mol. The molecule has 0 spiro atoms. The second kappa shape index (κ2) is 5.63. The number of carbonyl (C=O) groups is 1. The summed E-state index contributed by atoms with van der Waals surface area (Å²) in [5, 5.41) is 0.785. The molecular formula is C16H19FN2O3S. The molecule has 7 heteroatoms. The minimum Gasteiger partial charge on any atom is -0.340 e. The average Bonchev–Trinajstić information content (AvgIpc) is 3.00. The van der Waals surface area contributed by atoms with Crippen molar-refractivity contribution in [2.24, 2.45) is 7.05 Å². The molecule has 1 fully saturated rings. The summed E-state index contributed by atoms with van der Waals surface area (Å²) in [6.07, 6.45) is 0.473. The SMILES string of the molecule is CCN(C(=O)c1cc2ccc(F)cc2n1C)C1CCS(=O)(=O)C1. The smallest absolute Gasteiger partial charge is 0.270 e. The van der Waals surface area contributed by atoms with Gasteiger partial charge in [0.25, 0.3) is 5.91 Å². The minimum absolute atomic E-state index is 0.0190. The second-order valence-corrected chi connectivity index (χ2v) is 8.17. The highest BCUT2D eigenvalue weighted by Gasteiger charge is 2.35. The van der Waals surface area contributed by atoms with E-state index in [2.05, 4.69) is 0 Å². The van der Waals surface area contributed by atoms with Crippen molar-refractivity contribution in [2.45, 2.75) is 19.4 Å². The van der Waals surface area contributed by atoms with E-state index in [-0.39, 0.29) is 29.3 Å². The van der Waals surface area contributed by atoms with Crippen LogP contribution in [0.4, 0.5) is 4.39 Å². The third-order valence-corrected chi connectivity index (χ3v) is 6.23. The number of hydrogen-bond acceptors (Lipinski definition) is 3. The van der Waals surface area contributed by atoms with Gasteiger partial charge in [0.05, 0.1) is 17.0 Å². The maximum atomic E-state index is 13.4. The van der Waals surface area contributed by atoms with E-state index in [1.165, 1.54) is 12.1 Å². The molecule has 124 valence electrons. The highest BCUT2D eigenvalue weighted by atomic mass is 32.2. The molecular weight excluding hydrogens is 319 g/mol. The molecule has 5 nitrogen and oxygen atoms in total. The number of hydrogen-bond donors (Lipinski definition) is 0. The predicted octanol–water partition coefficient (Wildman–Crippen LogP) is 1.97. The van der Waals surface area contributed by atoms with Gasteiger partial charge in [-0.2, -0.15) is 0 Å². The molecule has 0 bridgehead atoms. The van der Waals surface area contributed by atoms with E-state index in [0.717, 1.165) is 5.39 Å². The highest BCUT2D eigenvalue weighted by molar-refractivity contribution is 7.91. The summed E-state index contributed by atoms with van der Waals surface area (Å²) in [5.74, 6) is -0.423. The maximum Gasteiger partial charge on any atom is 0.270 e. The maximum absolute atomic E-state index is 13.4. The fourth-order valence-corrected chi connectivity index (χ4v) is 4.98. The van der Waals surface area contributed by atoms with Crippen molar-refractivity contribution in [1.82, 2.24) is 9.47 Å². The Morgan fingerprint density at radius 1 is 1.39 bits per heavy atom. The second-order valence-electron chi connectivity index (χ2n) is 5.94. The molecule has 3 rings (SSSR count). The normalized spacial score (nSPS) is 20.0. The van der Waals surface area contributed by atoms with Gasteiger partial charge < -0.3 is 9.47 Å². The lowest BCUT2D eigenvalue weighted by atomic mass is 10.2. The lowest BCUT2D eigenvalue weighted by molar-refractivity contribution is 0.0699. The van der Waals surface area contributed by atoms with Crippen LogP contribution in [0.3, 0.4) is 0 Å². The third kappa shape index (κ3) is 2.85. The van der Waals surface area contributed by atoms with E-state index in [1.807, 2.05) is 6.92 Å². The molecule has 1 amide bonds. The molecule has 1 unspecified atom stereocenters. The quantitative estimate of drug-likeness (QED) is 0.860. The first-order valence-electron chi connectivity index (χ1n) is 7.59. The van der Waals surface area contributed by atoms with Crippen LogP contribution in [0.1, 0.15) is 23.8 Å². The fourth-order valence-electron chi connectivity index (χ4n) is 3.24. The van der Waals surface area contributed by atoms with E-state index in [9.17, 15) is 17.6 Å². The van der Waals surface area contributed by atoms with Crippen molar-refractivity contribution >= 4 is 26.6 Å². The van der Waals surface area contributed by atoms with E-state index in [4.69, 9.17) is 0 Å². The Labute approximate surface area is 134 Å². The number of aromatic nitrogens is 1. The van der Waals surface area contributed by atoms with E-state index in [0.29, 0.717) is 24.2 Å². The molecule has 1 aromatic heterocycles. The van der Waals surface area contributed by atoms with E-state index in [1.54, 1.807) is 28.6 Å². The first kappa shape index (κ1) is 16.0. The summed E-state index contributed by atoms with van der Waals surface area (Å²) in [7, 11) is -1.34. The van der Waals surface area contributed by atoms with E-state index >= 15 is 0 Å². The highest BCUT2D eigenvalue weighted by Crippen LogP contribution is 2.24. The molecule has 1 saturated heterocycles. The summed E-state index contributed by atoms with van der Waals surface area (Å²) < 4.78 is 38.4. The zero-order chi connectivity index (χ0) is 16.8. The lowest BCUT2D eigenvalue weighted by Gasteiger charge is -2.27. The summed E-state index contributed by atoms with van der Waals surface area (Å²) in [6, 6.07) is 5.83. The first-order valence-corrected chi connectivity index (χ1v) is 9.41. The Hall–Kier alpha value is -1.89. The summed E-state index contributed by atoms with van der Waals surface area (Å²) in [6.45, 7) is 2.28. The predicted molar refractivity (Wildman–Crippen MR) is 86.6 cm³/mol. The number of amides is 1. The molecule has 2 heterocycles. The largest absolute Gasteiger partial charge is 0.340 e. The van der Waals surface area contributed by atoms with Crippen molar-refractivity contribution in [2.75, 3.05) is 18.1 Å². The Balaban J connectivity index is 1.97. The van der Waals surface area contributed by atoms with Gasteiger partial charge >= 0.3 is 0 Å². The van der Waals surface area contributed by atoms with Crippen LogP contribution in [0.15, 0.2) is 24.3 Å². The molecule has 1 aliphatic heterocycles. The van der Waals surface area contributed by atoms with Gasteiger partial charge in [-0.05, 0) is 37.6 Å². The van der Waals surface area contributed by atoms with Crippen LogP contribution >= 0.6 is 0 Å². The van der Waals surface area contributed by atoms with Gasteiger partial charge in [-0.25, -0.2) is 12.8 Å². The number of benzene rings is 1. The number of rotatable bonds is 3. The average molecular weight is 338 g/mol. The van der Waals surface area contributed by atoms with Gasteiger partial charge in [0.2, 0.25) is 0 Å². The Kier molecular flexibility index (Phi) is 3.91. The van der Waals surface area contributed by atoms with Crippen LogP contribution in [0.25, 0.3) is 10.9 Å². The number of aryl methyl sites for hydroxylation is 1. The van der Waals surface area contributed by atoms with Crippen molar-refractivity contribution in [1.29, 1.82) is 0 Å². The standard InChI is InChI=1S/C16H19FN2O3S/c1-3-19(13-6-7-23(21,22)10-13)16(20)15-8-11-4-5-12(17)9-14(11)18(15)2/h4-5,8-9,13H,3,6-7,10H2,1-2H3. The van der Waals surface area contributed by atoms with E-state index < -0.39 is 9.84 Å². The number of carbonyl (C=O) groups excluding carboxylic acids is 1. The molecule has 0 saturated carbocycles. The number of nitrogens with zero attached hydrogens (tertiary/aromatic N) is 2. The van der Waals surface area contributed by atoms with Gasteiger partial charge in [-0.3, -0.25) is 4.79 Å². The third-order valence-electron chi connectivity index (χ3n) is 4.48. The van der Waals surface area contributed by atoms with Crippen molar-refractivity contribution in [3.05, 3.63) is 35.8 Å². The number of halogens is 1. The van der Waals surface area contributed by atoms with Gasteiger partial charge in [0.15, 0.2) is 9.84 Å². The zero-order valence-corrected chi connectivity index (χ0v) is 13.9. The lowest BCUT2D eigenvalue weighted by Crippen LogP contribution is -2.41. The van der Waals surface area contributed by atoms with Crippen LogP contribution < -0.4 is 0 Å². The van der Waals surface area contributed by atoms with Gasteiger partial charge in [0, 0.05) is 25.0 Å². The van der Waals surface area contributed by atoms with Crippen LogP contribution in [0, 0.1) is 5.82 Å². The Bertz CT molecular complexity index is 873. The van der Waals surface area contributed by atoms with Crippen LogP contribution in [0.2, 0.25) is 0 Å². The van der Waals surface area contributed by atoms with Gasteiger partial charge in [-0.15, -0.1) is 0 Å². The Morgan fingerprint density at radius 2 is 2.13 bits per heavy atom. The molecule has 23 heavy (non-hydrogen) atoms. The van der Waals surface area contributed by atoms with Gasteiger partial charge in [-0.1, -0.05) is 0 Å². The van der Waals surface area contributed by atoms with Crippen LogP contribution in [0.5, 0.6) is 0 Å². The van der Waals surface area contributed by atoms with Crippen molar-refractivity contribution in [3.63, 3.8) is 0 Å². The Morgan fingerprint density at radius 3 is 2.74 bits per heavy atom. The van der Waals surface area contributed by atoms with Crippen LogP contribution in [-0.2, 0) is 16.9 Å². The molecule has 2 aromatic rings. The summed E-state index contributed by atoms with van der Waals surface area (Å²) >= 11 is 0. The van der Waals surface area contributed by atoms with Crippen molar-refractivity contribution < 1.29 is 17.6 Å². The molecule has 0 radical (unpaired) electrons. The molecule has 1 aliphatic rings. The van der Waals surface area contributed by atoms with Gasteiger partial charge in [0.1, 0.15) is 11.5 Å². The number of sulfone groups is 1.